The van der Waals surface area contributed by atoms with Gasteiger partial charge in [-0.2, -0.15) is 11.8 Å². The smallest absolute Gasteiger partial charge is 0.191 e. The first-order valence-electron chi connectivity index (χ1n) is 8.07. The average Bonchev–Trinajstić information content (AvgIpc) is 2.46. The van der Waals surface area contributed by atoms with Crippen molar-refractivity contribution in [3.63, 3.8) is 0 Å². The van der Waals surface area contributed by atoms with Crippen molar-refractivity contribution in [2.24, 2.45) is 4.99 Å². The highest BCUT2D eigenvalue weighted by Crippen LogP contribution is 2.24. The molecule has 23 heavy (non-hydrogen) atoms. The second kappa shape index (κ2) is 9.71. The zero-order valence-corrected chi connectivity index (χ0v) is 16.1. The number of ether oxygens (including phenoxy) is 1. The van der Waals surface area contributed by atoms with E-state index in [0.29, 0.717) is 6.54 Å². The van der Waals surface area contributed by atoms with E-state index in [0.717, 1.165) is 36.0 Å². The highest BCUT2D eigenvalue weighted by Gasteiger charge is 2.15. The summed E-state index contributed by atoms with van der Waals surface area (Å²) in [5, 5.41) is 6.70. The number of guanidine groups is 1. The molecule has 0 unspecified atom stereocenters. The molecule has 0 atom stereocenters. The van der Waals surface area contributed by atoms with Crippen LogP contribution in [0.1, 0.15) is 38.3 Å². The molecule has 130 valence electrons. The van der Waals surface area contributed by atoms with Gasteiger partial charge in [-0.25, -0.2) is 0 Å². The minimum Gasteiger partial charge on any atom is -0.488 e. The van der Waals surface area contributed by atoms with Gasteiger partial charge in [-0.05, 0) is 57.8 Å². The van der Waals surface area contributed by atoms with Gasteiger partial charge in [-0.15, -0.1) is 0 Å². The molecule has 0 amide bonds. The number of thioether (sulfide) groups is 1. The van der Waals surface area contributed by atoms with Gasteiger partial charge < -0.3 is 15.4 Å². The zero-order valence-electron chi connectivity index (χ0n) is 15.3. The monoisotopic (exact) mass is 337 g/mol. The first-order valence-corrected chi connectivity index (χ1v) is 9.47. The van der Waals surface area contributed by atoms with Gasteiger partial charge in [0, 0.05) is 25.7 Å². The Morgan fingerprint density at radius 3 is 2.61 bits per heavy atom. The van der Waals surface area contributed by atoms with Crippen LogP contribution in [0.25, 0.3) is 0 Å². The number of hydrogen-bond acceptors (Lipinski definition) is 3. The summed E-state index contributed by atoms with van der Waals surface area (Å²) in [6.45, 7) is 9.91. The van der Waals surface area contributed by atoms with Crippen LogP contribution >= 0.6 is 11.8 Å². The third-order valence-electron chi connectivity index (χ3n) is 3.13. The molecule has 0 aliphatic rings. The van der Waals surface area contributed by atoms with Crippen LogP contribution in [0, 0.1) is 6.92 Å². The molecule has 5 heteroatoms. The molecular weight excluding hydrogens is 306 g/mol. The predicted octanol–water partition coefficient (Wildman–Crippen LogP) is 3.59. The maximum atomic E-state index is 6.09. The number of nitrogens with one attached hydrogen (secondary N) is 2. The Balaban J connectivity index is 2.65. The van der Waals surface area contributed by atoms with Crippen LogP contribution in [-0.2, 0) is 6.54 Å². The maximum Gasteiger partial charge on any atom is 0.191 e. The van der Waals surface area contributed by atoms with Gasteiger partial charge in [-0.1, -0.05) is 12.1 Å². The first-order chi connectivity index (χ1) is 10.9. The van der Waals surface area contributed by atoms with Crippen LogP contribution in [0.5, 0.6) is 5.75 Å². The highest BCUT2D eigenvalue weighted by atomic mass is 32.2. The molecule has 0 spiro atoms. The van der Waals surface area contributed by atoms with Gasteiger partial charge in [0.1, 0.15) is 11.4 Å². The van der Waals surface area contributed by atoms with Crippen molar-refractivity contribution >= 4 is 17.7 Å². The standard InChI is InChI=1S/C18H31N3OS/c1-14-8-9-15(16(12-14)22-18(2,3)4)13-21-17(19-5)20-10-7-11-23-6/h8-9,12H,7,10-11,13H2,1-6H3,(H2,19,20,21). The third kappa shape index (κ3) is 8.16. The fourth-order valence-corrected chi connectivity index (χ4v) is 2.49. The number of nitrogens with zero attached hydrogens (tertiary/aromatic N) is 1. The van der Waals surface area contributed by atoms with Crippen LogP contribution in [0.4, 0.5) is 0 Å². The summed E-state index contributed by atoms with van der Waals surface area (Å²) in [7, 11) is 1.80. The lowest BCUT2D eigenvalue weighted by molar-refractivity contribution is 0.129. The average molecular weight is 338 g/mol. The summed E-state index contributed by atoms with van der Waals surface area (Å²) in [6, 6.07) is 6.32. The summed E-state index contributed by atoms with van der Waals surface area (Å²) in [4.78, 5) is 4.27. The highest BCUT2D eigenvalue weighted by molar-refractivity contribution is 7.98. The lowest BCUT2D eigenvalue weighted by Crippen LogP contribution is -2.37. The van der Waals surface area contributed by atoms with E-state index < -0.39 is 0 Å². The number of aryl methyl sites for hydroxylation is 1. The minimum atomic E-state index is -0.208. The molecule has 1 rings (SSSR count). The van der Waals surface area contributed by atoms with E-state index in [-0.39, 0.29) is 5.60 Å². The number of aliphatic imine (C=N–C) groups is 1. The first kappa shape index (κ1) is 19.7. The van der Waals surface area contributed by atoms with E-state index in [9.17, 15) is 0 Å². The van der Waals surface area contributed by atoms with Crippen LogP contribution in [0.3, 0.4) is 0 Å². The molecule has 0 aliphatic carbocycles. The van der Waals surface area contributed by atoms with E-state index >= 15 is 0 Å². The van der Waals surface area contributed by atoms with E-state index in [1.807, 2.05) is 11.8 Å². The Labute approximate surface area is 145 Å². The van der Waals surface area contributed by atoms with Crippen molar-refractivity contribution in [1.82, 2.24) is 10.6 Å². The number of rotatable bonds is 7. The number of benzene rings is 1. The summed E-state index contributed by atoms with van der Waals surface area (Å²) >= 11 is 1.86. The molecule has 0 saturated heterocycles. The largest absolute Gasteiger partial charge is 0.488 e. The molecule has 2 N–H and O–H groups in total. The molecule has 1 aromatic rings. The fraction of sp³-hybridized carbons (Fsp3) is 0.611. The minimum absolute atomic E-state index is 0.208. The SMILES string of the molecule is CN=C(NCCCSC)NCc1ccc(C)cc1OC(C)(C)C. The normalized spacial score (nSPS) is 12.2. The molecule has 0 aliphatic heterocycles. The molecule has 0 bridgehead atoms. The van der Waals surface area contributed by atoms with Crippen molar-refractivity contribution in [1.29, 1.82) is 0 Å². The Kier molecular flexibility index (Phi) is 8.31. The fourth-order valence-electron chi connectivity index (χ4n) is 2.06. The summed E-state index contributed by atoms with van der Waals surface area (Å²) in [6.07, 6.45) is 3.26. The van der Waals surface area contributed by atoms with E-state index in [2.05, 4.69) is 67.8 Å². The lowest BCUT2D eigenvalue weighted by atomic mass is 10.1. The quantitative estimate of drug-likeness (QED) is 0.453. The molecule has 0 fully saturated rings. The van der Waals surface area contributed by atoms with Crippen molar-refractivity contribution in [3.8, 4) is 5.75 Å². The van der Waals surface area contributed by atoms with Crippen LogP contribution in [0.15, 0.2) is 23.2 Å². The molecule has 0 radical (unpaired) electrons. The summed E-state index contributed by atoms with van der Waals surface area (Å²) < 4.78 is 6.09. The Bertz CT molecular complexity index is 509. The molecule has 0 saturated carbocycles. The van der Waals surface area contributed by atoms with Gasteiger partial charge in [0.05, 0.1) is 0 Å². The second-order valence-corrected chi connectivity index (χ2v) is 7.51. The van der Waals surface area contributed by atoms with Gasteiger partial charge >= 0.3 is 0 Å². The summed E-state index contributed by atoms with van der Waals surface area (Å²) in [5.74, 6) is 2.92. The van der Waals surface area contributed by atoms with Crippen molar-refractivity contribution < 1.29 is 4.74 Å². The maximum absolute atomic E-state index is 6.09. The topological polar surface area (TPSA) is 45.7 Å². The van der Waals surface area contributed by atoms with Crippen LogP contribution in [0.2, 0.25) is 0 Å². The van der Waals surface area contributed by atoms with Gasteiger partial charge in [0.2, 0.25) is 0 Å². The Morgan fingerprint density at radius 2 is 2.00 bits per heavy atom. The number of hydrogen-bond donors (Lipinski definition) is 2. The van der Waals surface area contributed by atoms with Crippen LogP contribution < -0.4 is 15.4 Å². The van der Waals surface area contributed by atoms with E-state index in [4.69, 9.17) is 4.74 Å². The Morgan fingerprint density at radius 1 is 1.26 bits per heavy atom. The summed E-state index contributed by atoms with van der Waals surface area (Å²) in [5.41, 5.74) is 2.13. The molecule has 0 aromatic heterocycles. The van der Waals surface area contributed by atoms with Crippen molar-refractivity contribution in [2.45, 2.75) is 46.3 Å². The molecule has 1 aromatic carbocycles. The van der Waals surface area contributed by atoms with Crippen molar-refractivity contribution in [3.05, 3.63) is 29.3 Å². The van der Waals surface area contributed by atoms with E-state index in [1.54, 1.807) is 7.05 Å². The van der Waals surface area contributed by atoms with E-state index in [1.165, 1.54) is 5.56 Å². The van der Waals surface area contributed by atoms with Crippen molar-refractivity contribution in [2.75, 3.05) is 25.6 Å². The van der Waals surface area contributed by atoms with Gasteiger partial charge in [-0.3, -0.25) is 4.99 Å². The van der Waals surface area contributed by atoms with Gasteiger partial charge in [0.15, 0.2) is 5.96 Å². The zero-order chi connectivity index (χ0) is 17.3. The third-order valence-corrected chi connectivity index (χ3v) is 3.82. The Hall–Kier alpha value is -1.36. The lowest BCUT2D eigenvalue weighted by Gasteiger charge is -2.24. The predicted molar refractivity (Wildman–Crippen MR) is 103 cm³/mol. The van der Waals surface area contributed by atoms with Gasteiger partial charge in [0.25, 0.3) is 0 Å². The molecule has 4 nitrogen and oxygen atoms in total. The van der Waals surface area contributed by atoms with Crippen LogP contribution in [-0.4, -0.2) is 37.2 Å². The molecule has 0 heterocycles. The second-order valence-electron chi connectivity index (χ2n) is 6.52. The molecular formula is C18H31N3OS.